The van der Waals surface area contributed by atoms with Gasteiger partial charge in [0, 0.05) is 50.3 Å². The lowest BCUT2D eigenvalue weighted by molar-refractivity contribution is -0.117. The van der Waals surface area contributed by atoms with Crippen LogP contribution in [0.4, 0.5) is 0 Å². The third-order valence-electron chi connectivity index (χ3n) is 5.74. The second-order valence-electron chi connectivity index (χ2n) is 8.20. The van der Waals surface area contributed by atoms with Gasteiger partial charge in [-0.05, 0) is 42.3 Å². The van der Waals surface area contributed by atoms with Gasteiger partial charge in [0.05, 0.1) is 11.9 Å². The molecule has 0 radical (unpaired) electrons. The number of aryl methyl sites for hydroxylation is 1. The van der Waals surface area contributed by atoms with Crippen molar-refractivity contribution in [3.63, 3.8) is 0 Å². The smallest absolute Gasteiger partial charge is 0.221 e. The molecule has 31 heavy (non-hydrogen) atoms. The minimum atomic E-state index is -0.289. The number of pyridine rings is 1. The molecule has 1 fully saturated rings. The summed E-state index contributed by atoms with van der Waals surface area (Å²) >= 11 is 0. The Morgan fingerprint density at radius 2 is 1.74 bits per heavy atom. The fourth-order valence-corrected chi connectivity index (χ4v) is 4.11. The molecule has 2 N–H and O–H groups in total. The fraction of sp³-hybridized carbons (Fsp3) is 0.360. The number of primary amides is 1. The van der Waals surface area contributed by atoms with Crippen LogP contribution in [0.25, 0.3) is 10.9 Å². The molecule has 1 aliphatic heterocycles. The second-order valence-corrected chi connectivity index (χ2v) is 8.20. The highest BCUT2D eigenvalue weighted by Gasteiger charge is 2.17. The van der Waals surface area contributed by atoms with Crippen LogP contribution in [0, 0.1) is 6.92 Å². The number of ether oxygens (including phenoxy) is 1. The molecular weight excluding hydrogens is 388 g/mol. The minimum Gasteiger partial charge on any atom is -0.492 e. The molecule has 0 bridgehead atoms. The van der Waals surface area contributed by atoms with Crippen molar-refractivity contribution in [2.24, 2.45) is 5.73 Å². The van der Waals surface area contributed by atoms with Crippen molar-refractivity contribution in [2.45, 2.75) is 19.9 Å². The zero-order valence-corrected chi connectivity index (χ0v) is 18.1. The standard InChI is InChI=1S/C25H30N4O2/c1-19-8-9-22-23(27-19)6-3-7-24(22)31-15-14-28-10-12-29(13-11-28)18-21-5-2-4-20(16-21)17-25(26)30/h2-9,16H,10-15,17-18H2,1H3,(H2,26,30). The summed E-state index contributed by atoms with van der Waals surface area (Å²) in [6.45, 7) is 8.60. The first-order chi connectivity index (χ1) is 15.1. The minimum absolute atomic E-state index is 0.289. The van der Waals surface area contributed by atoms with Gasteiger partial charge in [-0.15, -0.1) is 0 Å². The number of fused-ring (bicyclic) bond motifs is 1. The number of piperazine rings is 1. The van der Waals surface area contributed by atoms with Gasteiger partial charge in [0.15, 0.2) is 0 Å². The van der Waals surface area contributed by atoms with Crippen molar-refractivity contribution in [3.05, 3.63) is 71.4 Å². The molecule has 0 saturated carbocycles. The highest BCUT2D eigenvalue weighted by molar-refractivity contribution is 5.85. The van der Waals surface area contributed by atoms with E-state index in [0.29, 0.717) is 13.0 Å². The van der Waals surface area contributed by atoms with E-state index >= 15 is 0 Å². The third kappa shape index (κ3) is 5.81. The van der Waals surface area contributed by atoms with Crippen LogP contribution in [0.3, 0.4) is 0 Å². The Hall–Kier alpha value is -2.96. The number of rotatable bonds is 8. The number of hydrogen-bond donors (Lipinski definition) is 1. The number of carbonyl (C=O) groups excluding carboxylic acids is 1. The highest BCUT2D eigenvalue weighted by Crippen LogP contribution is 2.24. The Balaban J connectivity index is 1.23. The molecule has 1 saturated heterocycles. The van der Waals surface area contributed by atoms with Crippen molar-refractivity contribution in [1.29, 1.82) is 0 Å². The van der Waals surface area contributed by atoms with Crippen molar-refractivity contribution in [2.75, 3.05) is 39.3 Å². The van der Waals surface area contributed by atoms with E-state index in [0.717, 1.165) is 67.2 Å². The third-order valence-corrected chi connectivity index (χ3v) is 5.74. The van der Waals surface area contributed by atoms with Crippen LogP contribution in [0.2, 0.25) is 0 Å². The largest absolute Gasteiger partial charge is 0.492 e. The first kappa shape index (κ1) is 21.3. The average molecular weight is 419 g/mol. The van der Waals surface area contributed by atoms with Crippen LogP contribution in [0.1, 0.15) is 16.8 Å². The first-order valence-electron chi connectivity index (χ1n) is 10.9. The lowest BCUT2D eigenvalue weighted by Gasteiger charge is -2.34. The quantitative estimate of drug-likeness (QED) is 0.609. The van der Waals surface area contributed by atoms with E-state index in [1.807, 2.05) is 43.3 Å². The molecule has 1 aromatic heterocycles. The van der Waals surface area contributed by atoms with E-state index in [2.05, 4.69) is 33.0 Å². The van der Waals surface area contributed by atoms with Gasteiger partial charge in [-0.2, -0.15) is 0 Å². The molecule has 6 heteroatoms. The predicted molar refractivity (Wildman–Crippen MR) is 123 cm³/mol. The topological polar surface area (TPSA) is 71.7 Å². The number of aromatic nitrogens is 1. The predicted octanol–water partition coefficient (Wildman–Crippen LogP) is 2.77. The summed E-state index contributed by atoms with van der Waals surface area (Å²) in [5, 5.41) is 1.07. The molecule has 0 aliphatic carbocycles. The van der Waals surface area contributed by atoms with Gasteiger partial charge in [-0.1, -0.05) is 30.3 Å². The molecule has 3 aromatic rings. The molecule has 2 aromatic carbocycles. The lowest BCUT2D eigenvalue weighted by Crippen LogP contribution is -2.47. The molecule has 1 amide bonds. The summed E-state index contributed by atoms with van der Waals surface area (Å²) in [6.07, 6.45) is 0.300. The Labute approximate surface area is 183 Å². The molecule has 4 rings (SSSR count). The molecule has 2 heterocycles. The normalized spacial score (nSPS) is 15.3. The monoisotopic (exact) mass is 418 g/mol. The summed E-state index contributed by atoms with van der Waals surface area (Å²) < 4.78 is 6.10. The van der Waals surface area contributed by atoms with Crippen molar-refractivity contribution >= 4 is 16.8 Å². The maximum atomic E-state index is 11.2. The number of nitrogens with two attached hydrogens (primary N) is 1. The van der Waals surface area contributed by atoms with Crippen LogP contribution in [0.5, 0.6) is 5.75 Å². The van der Waals surface area contributed by atoms with Crippen LogP contribution < -0.4 is 10.5 Å². The summed E-state index contributed by atoms with van der Waals surface area (Å²) in [6, 6.07) is 18.3. The van der Waals surface area contributed by atoms with Crippen molar-refractivity contribution in [3.8, 4) is 5.75 Å². The Morgan fingerprint density at radius 3 is 2.55 bits per heavy atom. The van der Waals surface area contributed by atoms with E-state index in [1.54, 1.807) is 0 Å². The molecule has 0 spiro atoms. The first-order valence-corrected chi connectivity index (χ1v) is 10.9. The Morgan fingerprint density at radius 1 is 1.00 bits per heavy atom. The maximum absolute atomic E-state index is 11.2. The molecule has 0 atom stereocenters. The van der Waals surface area contributed by atoms with E-state index < -0.39 is 0 Å². The fourth-order valence-electron chi connectivity index (χ4n) is 4.11. The zero-order valence-electron chi connectivity index (χ0n) is 18.1. The number of nitrogens with zero attached hydrogens (tertiary/aromatic N) is 3. The van der Waals surface area contributed by atoms with Gasteiger partial charge in [0.1, 0.15) is 12.4 Å². The molecular formula is C25H30N4O2. The summed E-state index contributed by atoms with van der Waals surface area (Å²) in [5.41, 5.74) is 9.53. The number of amides is 1. The van der Waals surface area contributed by atoms with Crippen LogP contribution in [0.15, 0.2) is 54.6 Å². The summed E-state index contributed by atoms with van der Waals surface area (Å²) in [7, 11) is 0. The van der Waals surface area contributed by atoms with Crippen LogP contribution >= 0.6 is 0 Å². The van der Waals surface area contributed by atoms with Gasteiger partial charge >= 0.3 is 0 Å². The molecule has 0 unspecified atom stereocenters. The van der Waals surface area contributed by atoms with Crippen molar-refractivity contribution < 1.29 is 9.53 Å². The van der Waals surface area contributed by atoms with E-state index in [1.165, 1.54) is 5.56 Å². The SMILES string of the molecule is Cc1ccc2c(OCCN3CCN(Cc4cccc(CC(N)=O)c4)CC3)cccc2n1. The van der Waals surface area contributed by atoms with Crippen LogP contribution in [-0.4, -0.2) is 60.0 Å². The number of carbonyl (C=O) groups is 1. The Kier molecular flexibility index (Phi) is 6.79. The zero-order chi connectivity index (χ0) is 21.6. The summed E-state index contributed by atoms with van der Waals surface area (Å²) in [4.78, 5) is 20.6. The van der Waals surface area contributed by atoms with Crippen LogP contribution in [-0.2, 0) is 17.8 Å². The number of benzene rings is 2. The van der Waals surface area contributed by atoms with E-state index in [-0.39, 0.29) is 5.91 Å². The van der Waals surface area contributed by atoms with Gasteiger partial charge in [-0.25, -0.2) is 0 Å². The maximum Gasteiger partial charge on any atom is 0.221 e. The van der Waals surface area contributed by atoms with E-state index in [9.17, 15) is 4.79 Å². The van der Waals surface area contributed by atoms with Crippen molar-refractivity contribution in [1.82, 2.24) is 14.8 Å². The molecule has 162 valence electrons. The molecule has 1 aliphatic rings. The Bertz CT molecular complexity index is 1040. The average Bonchev–Trinajstić information content (AvgIpc) is 2.75. The lowest BCUT2D eigenvalue weighted by atomic mass is 10.1. The van der Waals surface area contributed by atoms with Gasteiger partial charge in [0.2, 0.25) is 5.91 Å². The van der Waals surface area contributed by atoms with Gasteiger partial charge in [-0.3, -0.25) is 19.6 Å². The number of hydrogen-bond acceptors (Lipinski definition) is 5. The second kappa shape index (κ2) is 9.90. The molecule has 6 nitrogen and oxygen atoms in total. The van der Waals surface area contributed by atoms with Gasteiger partial charge < -0.3 is 10.5 Å². The summed E-state index contributed by atoms with van der Waals surface area (Å²) in [5.74, 6) is 0.613. The van der Waals surface area contributed by atoms with Gasteiger partial charge in [0.25, 0.3) is 0 Å². The highest BCUT2D eigenvalue weighted by atomic mass is 16.5. The van der Waals surface area contributed by atoms with E-state index in [4.69, 9.17) is 10.5 Å².